The van der Waals surface area contributed by atoms with Crippen LogP contribution in [0.1, 0.15) is 6.92 Å². The Kier molecular flexibility index (Phi) is 5.95. The van der Waals surface area contributed by atoms with Crippen molar-refractivity contribution in [3.05, 3.63) is 42.5 Å². The van der Waals surface area contributed by atoms with Crippen molar-refractivity contribution in [2.24, 2.45) is 5.92 Å². The maximum absolute atomic E-state index is 13.2. The average Bonchev–Trinajstić information content (AvgIpc) is 2.91. The van der Waals surface area contributed by atoms with E-state index in [1.54, 1.807) is 37.1 Å². The first-order chi connectivity index (χ1) is 14.4. The number of sulfonamides is 1. The van der Waals surface area contributed by atoms with Crippen LogP contribution in [0.25, 0.3) is 0 Å². The van der Waals surface area contributed by atoms with Gasteiger partial charge in [-0.1, -0.05) is 19.1 Å². The largest absolute Gasteiger partial charge is 0.495 e. The number of ether oxygens (including phenoxy) is 1. The van der Waals surface area contributed by atoms with Crippen LogP contribution in [-0.4, -0.2) is 57.7 Å². The van der Waals surface area contributed by atoms with Crippen LogP contribution in [0.2, 0.25) is 0 Å². The summed E-state index contributed by atoms with van der Waals surface area (Å²) in [6, 6.07) is 12.8. The van der Waals surface area contributed by atoms with Gasteiger partial charge < -0.3 is 15.0 Å². The van der Waals surface area contributed by atoms with E-state index in [2.05, 4.69) is 10.2 Å². The number of rotatable bonds is 4. The predicted octanol–water partition coefficient (Wildman–Crippen LogP) is 2.89. The second-order valence-electron chi connectivity index (χ2n) is 7.42. The van der Waals surface area contributed by atoms with Gasteiger partial charge in [0.05, 0.1) is 23.4 Å². The summed E-state index contributed by atoms with van der Waals surface area (Å²) in [5.41, 5.74) is 1.54. The summed E-state index contributed by atoms with van der Waals surface area (Å²) in [7, 11) is -2.01. The number of nitrogens with zero attached hydrogens (tertiary/aromatic N) is 2. The van der Waals surface area contributed by atoms with E-state index in [1.807, 2.05) is 31.2 Å². The minimum absolute atomic E-state index is 0.0822. The van der Waals surface area contributed by atoms with E-state index in [9.17, 15) is 13.2 Å². The Balaban J connectivity index is 1.51. The second kappa shape index (κ2) is 8.49. The molecule has 1 N–H and O–H groups in total. The summed E-state index contributed by atoms with van der Waals surface area (Å²) in [5, 5.41) is 2.86. The highest BCUT2D eigenvalue weighted by Crippen LogP contribution is 2.35. The van der Waals surface area contributed by atoms with Gasteiger partial charge in [-0.25, -0.2) is 8.42 Å². The van der Waals surface area contributed by atoms with Gasteiger partial charge in [0.1, 0.15) is 5.75 Å². The number of hydrogen-bond acceptors (Lipinski definition) is 6. The summed E-state index contributed by atoms with van der Waals surface area (Å²) in [5.74, 6) is 1.25. The van der Waals surface area contributed by atoms with Crippen molar-refractivity contribution in [2.45, 2.75) is 16.7 Å². The van der Waals surface area contributed by atoms with Crippen molar-refractivity contribution >= 4 is 39.1 Å². The number of nitrogens with one attached hydrogen (secondary N) is 1. The molecule has 1 atom stereocenters. The van der Waals surface area contributed by atoms with E-state index in [-0.39, 0.29) is 16.7 Å². The first-order valence-electron chi connectivity index (χ1n) is 9.86. The molecule has 1 saturated heterocycles. The lowest BCUT2D eigenvalue weighted by Gasteiger charge is -2.36. The third-order valence-electron chi connectivity index (χ3n) is 5.45. The Labute approximate surface area is 181 Å². The third kappa shape index (κ3) is 4.01. The monoisotopic (exact) mass is 447 g/mol. The molecule has 0 spiro atoms. The zero-order chi connectivity index (χ0) is 21.3. The van der Waals surface area contributed by atoms with Crippen LogP contribution in [0.15, 0.2) is 52.3 Å². The SMILES string of the molecule is COc1ccccc1N1CCN(S(=O)(=O)c2ccc3c(c2)NC(=O)[C@@H](C)CS3)CC1. The fourth-order valence-corrected chi connectivity index (χ4v) is 6.11. The van der Waals surface area contributed by atoms with Gasteiger partial charge in [0, 0.05) is 42.7 Å². The molecule has 0 radical (unpaired) electrons. The van der Waals surface area contributed by atoms with Crippen molar-refractivity contribution in [1.82, 2.24) is 4.31 Å². The number of hydrogen-bond donors (Lipinski definition) is 1. The van der Waals surface area contributed by atoms with Crippen LogP contribution in [0.3, 0.4) is 0 Å². The topological polar surface area (TPSA) is 79.0 Å². The molecule has 0 aromatic heterocycles. The molecule has 0 unspecified atom stereocenters. The zero-order valence-electron chi connectivity index (χ0n) is 17.0. The molecule has 1 amide bonds. The van der Waals surface area contributed by atoms with Crippen molar-refractivity contribution in [3.63, 3.8) is 0 Å². The summed E-state index contributed by atoms with van der Waals surface area (Å²) in [6.07, 6.45) is 0. The molecule has 0 aliphatic carbocycles. The van der Waals surface area contributed by atoms with Gasteiger partial charge >= 0.3 is 0 Å². The fraction of sp³-hybridized carbons (Fsp3) is 0.381. The minimum atomic E-state index is -3.64. The lowest BCUT2D eigenvalue weighted by molar-refractivity contribution is -0.118. The quantitative estimate of drug-likeness (QED) is 0.777. The van der Waals surface area contributed by atoms with E-state index < -0.39 is 10.0 Å². The number of benzene rings is 2. The normalized spacial score (nSPS) is 20.3. The van der Waals surface area contributed by atoms with E-state index in [0.29, 0.717) is 37.6 Å². The first kappa shape index (κ1) is 21.0. The van der Waals surface area contributed by atoms with Crippen molar-refractivity contribution in [2.75, 3.05) is 49.3 Å². The van der Waals surface area contributed by atoms with Gasteiger partial charge in [0.25, 0.3) is 0 Å². The number of anilines is 2. The number of thioether (sulfide) groups is 1. The van der Waals surface area contributed by atoms with Crippen LogP contribution in [0.4, 0.5) is 11.4 Å². The van der Waals surface area contributed by atoms with Crippen LogP contribution in [-0.2, 0) is 14.8 Å². The molecule has 7 nitrogen and oxygen atoms in total. The van der Waals surface area contributed by atoms with E-state index in [1.165, 1.54) is 4.31 Å². The van der Waals surface area contributed by atoms with Gasteiger partial charge in [-0.05, 0) is 30.3 Å². The van der Waals surface area contributed by atoms with Crippen molar-refractivity contribution in [3.8, 4) is 5.75 Å². The Morgan fingerprint density at radius 1 is 1.10 bits per heavy atom. The molecular formula is C21H25N3O4S2. The van der Waals surface area contributed by atoms with E-state index in [0.717, 1.165) is 16.3 Å². The number of para-hydroxylation sites is 2. The maximum Gasteiger partial charge on any atom is 0.243 e. The molecule has 1 fully saturated rings. The summed E-state index contributed by atoms with van der Waals surface area (Å²) in [6.45, 7) is 3.79. The fourth-order valence-electron chi connectivity index (χ4n) is 3.65. The zero-order valence-corrected chi connectivity index (χ0v) is 18.6. The molecule has 2 heterocycles. The molecule has 0 bridgehead atoms. The lowest BCUT2D eigenvalue weighted by Crippen LogP contribution is -2.48. The van der Waals surface area contributed by atoms with Gasteiger partial charge in [-0.15, -0.1) is 11.8 Å². The molecule has 30 heavy (non-hydrogen) atoms. The predicted molar refractivity (Wildman–Crippen MR) is 119 cm³/mol. The molecular weight excluding hydrogens is 422 g/mol. The molecule has 2 aliphatic heterocycles. The standard InChI is InChI=1S/C21H25N3O4S2/c1-15-14-29-20-8-7-16(13-17(20)22-21(15)25)30(26,27)24-11-9-23(10-12-24)18-5-3-4-6-19(18)28-2/h3-8,13,15H,9-12,14H2,1-2H3,(H,22,25)/t15-/m0/s1. The highest BCUT2D eigenvalue weighted by Gasteiger charge is 2.30. The van der Waals surface area contributed by atoms with Gasteiger partial charge in [-0.3, -0.25) is 4.79 Å². The Morgan fingerprint density at radius 2 is 1.83 bits per heavy atom. The number of piperazine rings is 1. The minimum Gasteiger partial charge on any atom is -0.495 e. The Bertz CT molecular complexity index is 1050. The van der Waals surface area contributed by atoms with Gasteiger partial charge in [-0.2, -0.15) is 4.31 Å². The number of carbonyl (C=O) groups excluding carboxylic acids is 1. The second-order valence-corrected chi connectivity index (χ2v) is 10.4. The molecule has 160 valence electrons. The third-order valence-corrected chi connectivity index (χ3v) is 8.68. The molecule has 2 aromatic rings. The number of methoxy groups -OCH3 is 1. The van der Waals surface area contributed by atoms with Gasteiger partial charge in [0.2, 0.25) is 15.9 Å². The molecule has 2 aromatic carbocycles. The highest BCUT2D eigenvalue weighted by molar-refractivity contribution is 7.99. The summed E-state index contributed by atoms with van der Waals surface area (Å²) < 4.78 is 33.4. The number of fused-ring (bicyclic) bond motifs is 1. The molecule has 0 saturated carbocycles. The molecule has 2 aliphatic rings. The lowest BCUT2D eigenvalue weighted by atomic mass is 10.2. The maximum atomic E-state index is 13.2. The smallest absolute Gasteiger partial charge is 0.243 e. The Morgan fingerprint density at radius 3 is 2.57 bits per heavy atom. The van der Waals surface area contributed by atoms with E-state index in [4.69, 9.17) is 4.74 Å². The number of carbonyl (C=O) groups is 1. The van der Waals surface area contributed by atoms with Crippen LogP contribution in [0.5, 0.6) is 5.75 Å². The van der Waals surface area contributed by atoms with Crippen molar-refractivity contribution < 1.29 is 17.9 Å². The Hall–Kier alpha value is -2.23. The summed E-state index contributed by atoms with van der Waals surface area (Å²) >= 11 is 1.57. The van der Waals surface area contributed by atoms with Gasteiger partial charge in [0.15, 0.2) is 0 Å². The van der Waals surface area contributed by atoms with Crippen LogP contribution in [0, 0.1) is 5.92 Å². The summed E-state index contributed by atoms with van der Waals surface area (Å²) in [4.78, 5) is 15.4. The average molecular weight is 448 g/mol. The highest BCUT2D eigenvalue weighted by atomic mass is 32.2. The van der Waals surface area contributed by atoms with Crippen LogP contribution >= 0.6 is 11.8 Å². The van der Waals surface area contributed by atoms with Crippen LogP contribution < -0.4 is 15.0 Å². The number of amides is 1. The van der Waals surface area contributed by atoms with Crippen molar-refractivity contribution in [1.29, 1.82) is 0 Å². The molecule has 4 rings (SSSR count). The first-order valence-corrected chi connectivity index (χ1v) is 12.3. The molecule has 9 heteroatoms. The van der Waals surface area contributed by atoms with E-state index >= 15 is 0 Å².